The first-order chi connectivity index (χ1) is 14.1. The van der Waals surface area contributed by atoms with Gasteiger partial charge < -0.3 is 9.47 Å². The topological polar surface area (TPSA) is 55.8 Å². The van der Waals surface area contributed by atoms with Crippen LogP contribution in [0.4, 0.5) is 5.00 Å². The van der Waals surface area contributed by atoms with Gasteiger partial charge >= 0.3 is 5.97 Å². The summed E-state index contributed by atoms with van der Waals surface area (Å²) in [4.78, 5) is 28.6. The van der Waals surface area contributed by atoms with Crippen molar-refractivity contribution in [2.45, 2.75) is 66.3 Å². The molecule has 1 fully saturated rings. The third-order valence-electron chi connectivity index (χ3n) is 5.35. The number of methoxy groups -OCH3 is 2. The number of esters is 1. The summed E-state index contributed by atoms with van der Waals surface area (Å²) in [5.74, 6) is 6.61. The predicted octanol–water partition coefficient (Wildman–Crippen LogP) is 5.13. The number of rotatable bonds is 6. The predicted molar refractivity (Wildman–Crippen MR) is 122 cm³/mol. The van der Waals surface area contributed by atoms with Gasteiger partial charge in [0.15, 0.2) is 0 Å². The number of carbonyl (C=O) groups excluding carboxylic acids is 2. The molecular formula is C24H35NO4S. The van der Waals surface area contributed by atoms with Crippen molar-refractivity contribution < 1.29 is 19.1 Å². The lowest BCUT2D eigenvalue weighted by atomic mass is 9.82. The van der Waals surface area contributed by atoms with Gasteiger partial charge in [0.05, 0.1) is 30.2 Å². The van der Waals surface area contributed by atoms with E-state index in [9.17, 15) is 9.59 Å². The highest BCUT2D eigenvalue weighted by Gasteiger charge is 2.34. The molecule has 1 aromatic heterocycles. The molecule has 1 atom stereocenters. The van der Waals surface area contributed by atoms with Gasteiger partial charge in [-0.05, 0) is 65.4 Å². The smallest absolute Gasteiger partial charge is 0.340 e. The highest BCUT2D eigenvalue weighted by Crippen LogP contribution is 2.37. The summed E-state index contributed by atoms with van der Waals surface area (Å²) in [7, 11) is 2.98. The van der Waals surface area contributed by atoms with E-state index in [1.165, 1.54) is 18.4 Å². The third kappa shape index (κ3) is 6.33. The first kappa shape index (κ1) is 24.4. The second kappa shape index (κ2) is 10.5. The highest BCUT2D eigenvalue weighted by molar-refractivity contribution is 7.17. The fourth-order valence-electron chi connectivity index (χ4n) is 3.66. The second-order valence-corrected chi connectivity index (χ2v) is 10.3. The molecule has 166 valence electrons. The molecule has 0 N–H and O–H groups in total. The Kier molecular flexibility index (Phi) is 8.52. The molecule has 0 bridgehead atoms. The van der Waals surface area contributed by atoms with Crippen molar-refractivity contribution in [2.24, 2.45) is 17.3 Å². The number of amides is 1. The zero-order chi connectivity index (χ0) is 22.5. The van der Waals surface area contributed by atoms with Gasteiger partial charge in [0, 0.05) is 18.4 Å². The molecule has 6 heteroatoms. The fourth-order valence-corrected chi connectivity index (χ4v) is 4.77. The largest absolute Gasteiger partial charge is 0.465 e. The van der Waals surface area contributed by atoms with Crippen LogP contribution in [0.5, 0.6) is 0 Å². The van der Waals surface area contributed by atoms with Crippen LogP contribution in [0, 0.1) is 29.1 Å². The Labute approximate surface area is 185 Å². The number of carbonyl (C=O) groups is 2. The summed E-state index contributed by atoms with van der Waals surface area (Å²) < 4.78 is 10.4. The quantitative estimate of drug-likeness (QED) is 0.461. The van der Waals surface area contributed by atoms with Gasteiger partial charge in [-0.1, -0.05) is 18.8 Å². The molecule has 1 aliphatic carbocycles. The molecule has 1 aliphatic rings. The van der Waals surface area contributed by atoms with Crippen LogP contribution in [0.15, 0.2) is 6.07 Å². The number of ether oxygens (including phenoxy) is 2. The van der Waals surface area contributed by atoms with E-state index in [-0.39, 0.29) is 23.3 Å². The van der Waals surface area contributed by atoms with Gasteiger partial charge in [0.25, 0.3) is 0 Å². The Bertz CT molecular complexity index is 803. The Morgan fingerprint density at radius 2 is 1.87 bits per heavy atom. The average Bonchev–Trinajstić information content (AvgIpc) is 3.10. The van der Waals surface area contributed by atoms with Crippen LogP contribution >= 0.6 is 11.3 Å². The van der Waals surface area contributed by atoms with Gasteiger partial charge in [-0.15, -0.1) is 11.3 Å². The molecule has 1 saturated carbocycles. The maximum atomic E-state index is 13.6. The third-order valence-corrected chi connectivity index (χ3v) is 6.40. The van der Waals surface area contributed by atoms with Crippen molar-refractivity contribution in [1.82, 2.24) is 0 Å². The highest BCUT2D eigenvalue weighted by atomic mass is 32.1. The molecular weight excluding hydrogens is 398 g/mol. The summed E-state index contributed by atoms with van der Waals surface area (Å²) in [6.07, 6.45) is 3.87. The molecule has 1 unspecified atom stereocenters. The van der Waals surface area contributed by atoms with Gasteiger partial charge in [0.1, 0.15) is 5.00 Å². The van der Waals surface area contributed by atoms with E-state index in [0.717, 1.165) is 30.6 Å². The van der Waals surface area contributed by atoms with Crippen molar-refractivity contribution in [3.63, 3.8) is 0 Å². The fraction of sp³-hybridized carbons (Fsp3) is 0.667. The minimum absolute atomic E-state index is 0.0304. The maximum absolute atomic E-state index is 13.6. The molecule has 0 spiro atoms. The SMILES string of the molecule is COCC(C)N(C(=O)C1CCC(C)CC1)c1sc(C#CC(C)(C)C)cc1C(=O)OC. The molecule has 2 rings (SSSR count). The minimum Gasteiger partial charge on any atom is -0.465 e. The first-order valence-corrected chi connectivity index (χ1v) is 11.5. The number of thiophene rings is 1. The van der Waals surface area contributed by atoms with E-state index in [1.54, 1.807) is 18.1 Å². The van der Waals surface area contributed by atoms with Crippen molar-refractivity contribution in [1.29, 1.82) is 0 Å². The Hall–Kier alpha value is -1.84. The van der Waals surface area contributed by atoms with Crippen molar-refractivity contribution in [3.8, 4) is 11.8 Å². The molecule has 0 aliphatic heterocycles. The van der Waals surface area contributed by atoms with Crippen LogP contribution in [0.2, 0.25) is 0 Å². The van der Waals surface area contributed by atoms with E-state index in [2.05, 4.69) is 18.8 Å². The number of anilines is 1. The molecule has 1 amide bonds. The van der Waals surface area contributed by atoms with Crippen LogP contribution < -0.4 is 4.90 Å². The summed E-state index contributed by atoms with van der Waals surface area (Å²) in [5, 5.41) is 0.605. The standard InChI is InChI=1S/C24H35NO4S/c1-16-8-10-18(11-9-16)21(26)25(17(2)15-28-6)22-20(23(27)29-7)14-19(30-22)12-13-24(3,4)5/h14,16-18H,8-11,15H2,1-7H3. The summed E-state index contributed by atoms with van der Waals surface area (Å²) in [6.45, 7) is 10.7. The Morgan fingerprint density at radius 3 is 2.40 bits per heavy atom. The van der Waals surface area contributed by atoms with Gasteiger partial charge in [-0.3, -0.25) is 9.69 Å². The van der Waals surface area contributed by atoms with Crippen molar-refractivity contribution >= 4 is 28.2 Å². The average molecular weight is 434 g/mol. The molecule has 0 aromatic carbocycles. The van der Waals surface area contributed by atoms with E-state index in [4.69, 9.17) is 9.47 Å². The lowest BCUT2D eigenvalue weighted by Crippen LogP contribution is -2.45. The van der Waals surface area contributed by atoms with Crippen molar-refractivity contribution in [2.75, 3.05) is 25.7 Å². The molecule has 0 radical (unpaired) electrons. The van der Waals surface area contributed by atoms with Crippen LogP contribution in [-0.4, -0.2) is 38.7 Å². The van der Waals surface area contributed by atoms with E-state index < -0.39 is 5.97 Å². The summed E-state index contributed by atoms with van der Waals surface area (Å²) in [6, 6.07) is 1.54. The van der Waals surface area contributed by atoms with Crippen LogP contribution in [0.1, 0.15) is 75.5 Å². The van der Waals surface area contributed by atoms with Crippen LogP contribution in [0.25, 0.3) is 0 Å². The number of hydrogen-bond acceptors (Lipinski definition) is 5. The maximum Gasteiger partial charge on any atom is 0.340 e. The zero-order valence-electron chi connectivity index (χ0n) is 19.3. The molecule has 30 heavy (non-hydrogen) atoms. The Balaban J connectivity index is 2.49. The van der Waals surface area contributed by atoms with Crippen LogP contribution in [0.3, 0.4) is 0 Å². The normalized spacial score (nSPS) is 20.1. The number of nitrogens with zero attached hydrogens (tertiary/aromatic N) is 1. The second-order valence-electron chi connectivity index (χ2n) is 9.29. The molecule has 5 nitrogen and oxygen atoms in total. The monoisotopic (exact) mass is 433 g/mol. The summed E-state index contributed by atoms with van der Waals surface area (Å²) >= 11 is 1.37. The van der Waals surface area contributed by atoms with E-state index >= 15 is 0 Å². The van der Waals surface area contributed by atoms with Crippen molar-refractivity contribution in [3.05, 3.63) is 16.5 Å². The van der Waals surface area contributed by atoms with Crippen LogP contribution in [-0.2, 0) is 14.3 Å². The number of hydrogen-bond donors (Lipinski definition) is 0. The minimum atomic E-state index is -0.454. The molecule has 0 saturated heterocycles. The lowest BCUT2D eigenvalue weighted by molar-refractivity contribution is -0.124. The summed E-state index contributed by atoms with van der Waals surface area (Å²) in [5.41, 5.74) is 0.230. The molecule has 1 heterocycles. The van der Waals surface area contributed by atoms with Gasteiger partial charge in [-0.25, -0.2) is 4.79 Å². The zero-order valence-corrected chi connectivity index (χ0v) is 20.1. The van der Waals surface area contributed by atoms with Gasteiger partial charge in [-0.2, -0.15) is 0 Å². The van der Waals surface area contributed by atoms with E-state index in [0.29, 0.717) is 23.1 Å². The van der Waals surface area contributed by atoms with Gasteiger partial charge in [0.2, 0.25) is 5.91 Å². The Morgan fingerprint density at radius 1 is 1.23 bits per heavy atom. The first-order valence-electron chi connectivity index (χ1n) is 10.6. The lowest BCUT2D eigenvalue weighted by Gasteiger charge is -2.34. The van der Waals surface area contributed by atoms with E-state index in [1.807, 2.05) is 27.7 Å². The molecule has 1 aromatic rings.